The van der Waals surface area contributed by atoms with Gasteiger partial charge >= 0.3 is 0 Å². The number of hydrogen-bond donors (Lipinski definition) is 2. The lowest BCUT2D eigenvalue weighted by atomic mass is 10.2. The van der Waals surface area contributed by atoms with Crippen molar-refractivity contribution in [1.29, 1.82) is 0 Å². The molecule has 2 N–H and O–H groups in total. The van der Waals surface area contributed by atoms with E-state index in [4.69, 9.17) is 9.47 Å². The molecule has 2 aromatic carbocycles. The van der Waals surface area contributed by atoms with Crippen molar-refractivity contribution in [3.63, 3.8) is 0 Å². The van der Waals surface area contributed by atoms with Crippen LogP contribution >= 0.6 is 11.8 Å². The van der Waals surface area contributed by atoms with Crippen LogP contribution in [0.5, 0.6) is 17.2 Å². The fourth-order valence-electron chi connectivity index (χ4n) is 2.44. The van der Waals surface area contributed by atoms with Crippen molar-refractivity contribution in [2.24, 2.45) is 0 Å². The number of carbonyl (C=O) groups excluding carboxylic acids is 1. The summed E-state index contributed by atoms with van der Waals surface area (Å²) >= 11 is 1.23. The summed E-state index contributed by atoms with van der Waals surface area (Å²) in [7, 11) is 0. The number of tetrazole rings is 1. The van der Waals surface area contributed by atoms with Crippen molar-refractivity contribution in [2.75, 3.05) is 12.1 Å². The highest BCUT2D eigenvalue weighted by Gasteiger charge is 2.20. The van der Waals surface area contributed by atoms with Crippen molar-refractivity contribution >= 4 is 23.4 Å². The highest BCUT2D eigenvalue weighted by atomic mass is 32.2. The molecule has 9 nitrogen and oxygen atoms in total. The third-order valence-corrected chi connectivity index (χ3v) is 4.86. The smallest absolute Gasteiger partial charge is 0.237 e. The maximum Gasteiger partial charge on any atom is 0.237 e. The molecule has 0 radical (unpaired) electrons. The molecule has 1 aliphatic heterocycles. The van der Waals surface area contributed by atoms with Crippen molar-refractivity contribution < 1.29 is 19.4 Å². The maximum atomic E-state index is 12.5. The van der Waals surface area contributed by atoms with Gasteiger partial charge in [0.05, 0.1) is 10.9 Å². The van der Waals surface area contributed by atoms with Gasteiger partial charge in [0.15, 0.2) is 11.5 Å². The van der Waals surface area contributed by atoms with Gasteiger partial charge in [-0.25, -0.2) is 0 Å². The number of phenolic OH excluding ortho intramolecular Hbond substituents is 1. The second-order valence-corrected chi connectivity index (χ2v) is 7.01. The summed E-state index contributed by atoms with van der Waals surface area (Å²) in [4.78, 5) is 12.5. The number of nitrogens with zero attached hydrogens (tertiary/aromatic N) is 4. The van der Waals surface area contributed by atoms with Crippen LogP contribution in [0.2, 0.25) is 0 Å². The number of rotatable bonds is 5. The van der Waals surface area contributed by atoms with E-state index >= 15 is 0 Å². The molecule has 0 unspecified atom stereocenters. The first kappa shape index (κ1) is 17.2. The van der Waals surface area contributed by atoms with Gasteiger partial charge < -0.3 is 19.9 Å². The fraction of sp³-hybridized carbons (Fsp3) is 0.176. The monoisotopic (exact) mass is 385 g/mol. The lowest BCUT2D eigenvalue weighted by molar-refractivity contribution is -0.115. The third-order valence-electron chi connectivity index (χ3n) is 3.83. The molecule has 1 amide bonds. The molecule has 0 aliphatic carbocycles. The summed E-state index contributed by atoms with van der Waals surface area (Å²) in [5.74, 6) is 1.21. The van der Waals surface area contributed by atoms with Crippen molar-refractivity contribution in [3.8, 4) is 22.9 Å². The lowest BCUT2D eigenvalue weighted by Crippen LogP contribution is -2.22. The molecule has 0 saturated carbocycles. The van der Waals surface area contributed by atoms with Crippen LogP contribution in [0.15, 0.2) is 47.6 Å². The van der Waals surface area contributed by atoms with E-state index in [1.54, 1.807) is 49.4 Å². The number of aromatic hydroxyl groups is 1. The van der Waals surface area contributed by atoms with Crippen LogP contribution in [0.1, 0.15) is 6.92 Å². The second-order valence-electron chi connectivity index (χ2n) is 5.71. The summed E-state index contributed by atoms with van der Waals surface area (Å²) in [5.41, 5.74) is 1.30. The normalized spacial score (nSPS) is 13.4. The average molecular weight is 385 g/mol. The number of thioether (sulfide) groups is 1. The van der Waals surface area contributed by atoms with Crippen LogP contribution < -0.4 is 14.8 Å². The first-order valence-electron chi connectivity index (χ1n) is 8.05. The summed E-state index contributed by atoms with van der Waals surface area (Å²) in [5, 5.41) is 23.9. The van der Waals surface area contributed by atoms with Crippen molar-refractivity contribution in [1.82, 2.24) is 20.2 Å². The minimum atomic E-state index is -0.447. The highest BCUT2D eigenvalue weighted by molar-refractivity contribution is 8.00. The predicted octanol–water partition coefficient (Wildman–Crippen LogP) is 2.22. The molecule has 0 bridgehead atoms. The summed E-state index contributed by atoms with van der Waals surface area (Å²) in [6, 6.07) is 11.7. The van der Waals surface area contributed by atoms with E-state index in [9.17, 15) is 9.90 Å². The minimum absolute atomic E-state index is 0.150. The number of carbonyl (C=O) groups is 1. The Kier molecular flexibility index (Phi) is 4.55. The summed E-state index contributed by atoms with van der Waals surface area (Å²) in [6.07, 6.45) is 0. The molecule has 0 spiro atoms. The molecule has 3 aromatic rings. The van der Waals surface area contributed by atoms with Crippen LogP contribution in [0.3, 0.4) is 0 Å². The molecule has 1 aromatic heterocycles. The molecule has 2 heterocycles. The summed E-state index contributed by atoms with van der Waals surface area (Å²) < 4.78 is 12.1. The number of benzene rings is 2. The van der Waals surface area contributed by atoms with Gasteiger partial charge in [0.1, 0.15) is 5.75 Å². The Morgan fingerprint density at radius 2 is 2.00 bits per heavy atom. The molecule has 0 fully saturated rings. The minimum Gasteiger partial charge on any atom is -0.508 e. The Balaban J connectivity index is 1.45. The zero-order valence-corrected chi connectivity index (χ0v) is 15.0. The van der Waals surface area contributed by atoms with Gasteiger partial charge in [-0.2, -0.15) is 4.68 Å². The number of anilines is 1. The van der Waals surface area contributed by atoms with E-state index in [1.807, 2.05) is 0 Å². The zero-order chi connectivity index (χ0) is 18.8. The Bertz CT molecular complexity index is 976. The maximum absolute atomic E-state index is 12.5. The number of fused-ring (bicyclic) bond motifs is 1. The second kappa shape index (κ2) is 7.16. The topological polar surface area (TPSA) is 111 Å². The number of ether oxygens (including phenoxy) is 2. The van der Waals surface area contributed by atoms with E-state index < -0.39 is 5.25 Å². The number of aromatic nitrogens is 4. The van der Waals surface area contributed by atoms with Crippen LogP contribution in [-0.2, 0) is 4.79 Å². The Morgan fingerprint density at radius 1 is 1.22 bits per heavy atom. The van der Waals surface area contributed by atoms with E-state index in [2.05, 4.69) is 20.8 Å². The molecule has 1 atom stereocenters. The molecule has 138 valence electrons. The number of phenols is 1. The summed E-state index contributed by atoms with van der Waals surface area (Å²) in [6.45, 7) is 1.95. The molecule has 10 heteroatoms. The third kappa shape index (κ3) is 3.65. The average Bonchev–Trinajstić information content (AvgIpc) is 3.31. The molecular formula is C17H15N5O4S. The van der Waals surface area contributed by atoms with Gasteiger partial charge in [0.2, 0.25) is 17.9 Å². The molecule has 0 saturated heterocycles. The first-order valence-corrected chi connectivity index (χ1v) is 8.93. The Hall–Kier alpha value is -3.27. The lowest BCUT2D eigenvalue weighted by Gasteiger charge is -2.12. The Labute approximate surface area is 158 Å². The van der Waals surface area contributed by atoms with Crippen molar-refractivity contribution in [2.45, 2.75) is 17.3 Å². The predicted molar refractivity (Wildman–Crippen MR) is 97.3 cm³/mol. The van der Waals surface area contributed by atoms with Gasteiger partial charge in [0, 0.05) is 11.8 Å². The van der Waals surface area contributed by atoms with Gasteiger partial charge in [-0.3, -0.25) is 4.79 Å². The number of hydrogen-bond acceptors (Lipinski definition) is 8. The van der Waals surface area contributed by atoms with Gasteiger partial charge in [-0.15, -0.1) is 5.10 Å². The zero-order valence-electron chi connectivity index (χ0n) is 14.2. The van der Waals surface area contributed by atoms with Gasteiger partial charge in [-0.1, -0.05) is 11.8 Å². The van der Waals surface area contributed by atoms with Crippen LogP contribution in [-0.4, -0.2) is 43.3 Å². The van der Waals surface area contributed by atoms with E-state index in [-0.39, 0.29) is 18.4 Å². The molecule has 4 rings (SSSR count). The number of amides is 1. The van der Waals surface area contributed by atoms with Crippen LogP contribution in [0.4, 0.5) is 5.69 Å². The van der Waals surface area contributed by atoms with Crippen molar-refractivity contribution in [3.05, 3.63) is 42.5 Å². The van der Waals surface area contributed by atoms with E-state index in [1.165, 1.54) is 16.4 Å². The molecular weight excluding hydrogens is 370 g/mol. The highest BCUT2D eigenvalue weighted by Crippen LogP contribution is 2.34. The van der Waals surface area contributed by atoms with Gasteiger partial charge in [0.25, 0.3) is 0 Å². The SMILES string of the molecule is C[C@@H](Sc1nnnn1-c1ccc(O)cc1)C(=O)Nc1ccc2c(c1)OCO2. The van der Waals surface area contributed by atoms with E-state index in [0.717, 1.165) is 0 Å². The van der Waals surface area contributed by atoms with E-state index in [0.29, 0.717) is 28.0 Å². The van der Waals surface area contributed by atoms with Crippen LogP contribution in [0, 0.1) is 0 Å². The largest absolute Gasteiger partial charge is 0.508 e. The fourth-order valence-corrected chi connectivity index (χ4v) is 3.25. The first-order chi connectivity index (χ1) is 13.1. The van der Waals surface area contributed by atoms with Crippen LogP contribution in [0.25, 0.3) is 5.69 Å². The number of nitrogens with one attached hydrogen (secondary N) is 1. The Morgan fingerprint density at radius 3 is 2.81 bits per heavy atom. The molecule has 1 aliphatic rings. The van der Waals surface area contributed by atoms with Gasteiger partial charge in [-0.05, 0) is 53.7 Å². The standard InChI is InChI=1S/C17H15N5O4S/c1-10(16(24)18-11-2-7-14-15(8-11)26-9-25-14)27-17-19-20-21-22(17)12-3-5-13(23)6-4-12/h2-8,10,23H,9H2,1H3,(H,18,24)/t10-/m1/s1. The molecule has 27 heavy (non-hydrogen) atoms. The quantitative estimate of drug-likeness (QED) is 0.643.